The van der Waals surface area contributed by atoms with Gasteiger partial charge in [-0.3, -0.25) is 9.69 Å². The average molecular weight is 370 g/mol. The predicted octanol–water partition coefficient (Wildman–Crippen LogP) is 1.58. The Morgan fingerprint density at radius 1 is 1.45 bits per heavy atom. The van der Waals surface area contributed by atoms with Crippen LogP contribution in [0.25, 0.3) is 0 Å². The maximum absolute atomic E-state index is 12.2. The number of carbonyl (C=O) groups is 1. The largest absolute Gasteiger partial charge is 0.492 e. The van der Waals surface area contributed by atoms with Crippen molar-refractivity contribution in [3.63, 3.8) is 0 Å². The summed E-state index contributed by atoms with van der Waals surface area (Å²) in [6.07, 6.45) is 0. The fourth-order valence-corrected chi connectivity index (χ4v) is 2.63. The number of nitrogens with one attached hydrogen (secondary N) is 1. The molecule has 2 rings (SSSR count). The Kier molecular flexibility index (Phi) is 6.67. The molecule has 122 valence electrons. The number of rotatable bonds is 6. The van der Waals surface area contributed by atoms with E-state index in [4.69, 9.17) is 4.74 Å². The van der Waals surface area contributed by atoms with E-state index in [-0.39, 0.29) is 5.91 Å². The zero-order valence-corrected chi connectivity index (χ0v) is 14.8. The van der Waals surface area contributed by atoms with Crippen molar-refractivity contribution in [2.75, 3.05) is 46.4 Å². The quantitative estimate of drug-likeness (QED) is 0.826. The maximum Gasteiger partial charge on any atom is 0.236 e. The summed E-state index contributed by atoms with van der Waals surface area (Å²) in [7, 11) is 1.83. The van der Waals surface area contributed by atoms with E-state index in [1.165, 1.54) is 0 Å². The summed E-state index contributed by atoms with van der Waals surface area (Å²) >= 11 is 3.39. The van der Waals surface area contributed by atoms with E-state index in [2.05, 4.69) is 33.1 Å². The predicted molar refractivity (Wildman–Crippen MR) is 91.2 cm³/mol. The third kappa shape index (κ3) is 5.26. The summed E-state index contributed by atoms with van der Waals surface area (Å²) < 4.78 is 6.68. The van der Waals surface area contributed by atoms with Gasteiger partial charge in [-0.15, -0.1) is 0 Å². The summed E-state index contributed by atoms with van der Waals surface area (Å²) in [5.74, 6) is 0.966. The lowest BCUT2D eigenvalue weighted by Crippen LogP contribution is -2.53. The Balaban J connectivity index is 1.70. The van der Waals surface area contributed by atoms with Gasteiger partial charge < -0.3 is 15.0 Å². The first-order valence-corrected chi connectivity index (χ1v) is 8.42. The van der Waals surface area contributed by atoms with Gasteiger partial charge >= 0.3 is 0 Å². The van der Waals surface area contributed by atoms with Crippen LogP contribution in [-0.4, -0.2) is 68.1 Å². The first-order chi connectivity index (χ1) is 10.6. The fraction of sp³-hybridized carbons (Fsp3) is 0.562. The lowest BCUT2D eigenvalue weighted by atomic mass is 10.2. The molecule has 1 atom stereocenters. The van der Waals surface area contributed by atoms with Gasteiger partial charge in [0.15, 0.2) is 0 Å². The number of piperazine rings is 1. The van der Waals surface area contributed by atoms with Gasteiger partial charge in [0, 0.05) is 37.2 Å². The highest BCUT2D eigenvalue weighted by Gasteiger charge is 2.21. The molecule has 0 radical (unpaired) electrons. The zero-order chi connectivity index (χ0) is 15.9. The molecule has 0 aromatic heterocycles. The van der Waals surface area contributed by atoms with Crippen molar-refractivity contribution in [1.82, 2.24) is 15.1 Å². The van der Waals surface area contributed by atoms with E-state index < -0.39 is 0 Å². The minimum absolute atomic E-state index is 0.146. The molecule has 1 aliphatic heterocycles. The molecule has 0 unspecified atom stereocenters. The summed E-state index contributed by atoms with van der Waals surface area (Å²) in [6.45, 7) is 6.55. The smallest absolute Gasteiger partial charge is 0.236 e. The van der Waals surface area contributed by atoms with E-state index in [1.54, 1.807) is 4.90 Å². The highest BCUT2D eigenvalue weighted by atomic mass is 79.9. The van der Waals surface area contributed by atoms with Crippen LogP contribution in [0.4, 0.5) is 0 Å². The molecule has 5 nitrogen and oxygen atoms in total. The molecule has 1 heterocycles. The first-order valence-electron chi connectivity index (χ1n) is 7.63. The third-order valence-electron chi connectivity index (χ3n) is 3.91. The summed E-state index contributed by atoms with van der Waals surface area (Å²) in [4.78, 5) is 16.2. The zero-order valence-electron chi connectivity index (χ0n) is 13.2. The van der Waals surface area contributed by atoms with Gasteiger partial charge in [-0.05, 0) is 31.2 Å². The van der Waals surface area contributed by atoms with Gasteiger partial charge in [-0.2, -0.15) is 0 Å². The van der Waals surface area contributed by atoms with E-state index in [0.717, 1.165) is 29.9 Å². The average Bonchev–Trinajstić information content (AvgIpc) is 2.51. The van der Waals surface area contributed by atoms with Crippen molar-refractivity contribution in [3.8, 4) is 5.75 Å². The van der Waals surface area contributed by atoms with Gasteiger partial charge in [0.05, 0.1) is 13.1 Å². The summed E-state index contributed by atoms with van der Waals surface area (Å²) in [5.41, 5.74) is 0. The van der Waals surface area contributed by atoms with Crippen LogP contribution in [0, 0.1) is 0 Å². The number of halogens is 1. The van der Waals surface area contributed by atoms with Crippen LogP contribution in [0.1, 0.15) is 6.92 Å². The number of hydrogen-bond acceptors (Lipinski definition) is 4. The van der Waals surface area contributed by atoms with Crippen LogP contribution in [0.3, 0.4) is 0 Å². The summed E-state index contributed by atoms with van der Waals surface area (Å²) in [5, 5.41) is 3.33. The van der Waals surface area contributed by atoms with Crippen LogP contribution >= 0.6 is 15.9 Å². The Hall–Kier alpha value is -1.11. The van der Waals surface area contributed by atoms with Gasteiger partial charge in [0.1, 0.15) is 12.4 Å². The molecule has 1 saturated heterocycles. The van der Waals surface area contributed by atoms with Crippen molar-refractivity contribution in [2.24, 2.45) is 0 Å². The molecule has 1 aromatic rings. The van der Waals surface area contributed by atoms with Crippen molar-refractivity contribution in [2.45, 2.75) is 13.0 Å². The molecule has 0 spiro atoms. The SMILES string of the molecule is C[C@@H]1CNCCN1CC(=O)N(C)CCOc1ccc(Br)cc1. The molecule has 0 saturated carbocycles. The number of likely N-dealkylation sites (N-methyl/N-ethyl adjacent to an activating group) is 1. The molecule has 0 aliphatic carbocycles. The standard InChI is InChI=1S/C16H24BrN3O2/c1-13-11-18-7-8-20(13)12-16(21)19(2)9-10-22-15-5-3-14(17)4-6-15/h3-6,13,18H,7-12H2,1-2H3/t13-/m1/s1. The van der Waals surface area contributed by atoms with Crippen molar-refractivity contribution < 1.29 is 9.53 Å². The van der Waals surface area contributed by atoms with Crippen LogP contribution in [-0.2, 0) is 4.79 Å². The topological polar surface area (TPSA) is 44.8 Å². The van der Waals surface area contributed by atoms with Crippen LogP contribution in [0.15, 0.2) is 28.7 Å². The van der Waals surface area contributed by atoms with Gasteiger partial charge in [-0.25, -0.2) is 0 Å². The second kappa shape index (κ2) is 8.50. The second-order valence-electron chi connectivity index (χ2n) is 5.64. The molecule has 1 amide bonds. The van der Waals surface area contributed by atoms with Crippen molar-refractivity contribution in [3.05, 3.63) is 28.7 Å². The molecule has 0 bridgehead atoms. The highest BCUT2D eigenvalue weighted by molar-refractivity contribution is 9.10. The number of nitrogens with zero attached hydrogens (tertiary/aromatic N) is 2. The lowest BCUT2D eigenvalue weighted by Gasteiger charge is -2.34. The Morgan fingerprint density at radius 2 is 2.18 bits per heavy atom. The number of carbonyl (C=O) groups excluding carboxylic acids is 1. The Labute approximate surface area is 140 Å². The monoisotopic (exact) mass is 369 g/mol. The van der Waals surface area contributed by atoms with Gasteiger partial charge in [-0.1, -0.05) is 15.9 Å². The highest BCUT2D eigenvalue weighted by Crippen LogP contribution is 2.15. The van der Waals surface area contributed by atoms with E-state index in [0.29, 0.717) is 25.7 Å². The number of ether oxygens (including phenoxy) is 1. The Morgan fingerprint density at radius 3 is 2.86 bits per heavy atom. The number of amides is 1. The van der Waals surface area contributed by atoms with Crippen LogP contribution in [0.5, 0.6) is 5.75 Å². The lowest BCUT2D eigenvalue weighted by molar-refractivity contribution is -0.132. The number of benzene rings is 1. The van der Waals surface area contributed by atoms with Crippen molar-refractivity contribution >= 4 is 21.8 Å². The summed E-state index contributed by atoms with van der Waals surface area (Å²) in [6, 6.07) is 8.11. The minimum Gasteiger partial charge on any atom is -0.492 e. The Bertz CT molecular complexity index is 481. The molecular weight excluding hydrogens is 346 g/mol. The fourth-order valence-electron chi connectivity index (χ4n) is 2.37. The maximum atomic E-state index is 12.2. The molecule has 1 N–H and O–H groups in total. The molecule has 6 heteroatoms. The van der Waals surface area contributed by atoms with Crippen molar-refractivity contribution in [1.29, 1.82) is 0 Å². The van der Waals surface area contributed by atoms with Gasteiger partial charge in [0.2, 0.25) is 5.91 Å². The van der Waals surface area contributed by atoms with Crippen LogP contribution < -0.4 is 10.1 Å². The second-order valence-corrected chi connectivity index (χ2v) is 6.56. The van der Waals surface area contributed by atoms with Crippen LogP contribution in [0.2, 0.25) is 0 Å². The van der Waals surface area contributed by atoms with Gasteiger partial charge in [0.25, 0.3) is 0 Å². The van der Waals surface area contributed by atoms with E-state index in [9.17, 15) is 4.79 Å². The molecule has 22 heavy (non-hydrogen) atoms. The third-order valence-corrected chi connectivity index (χ3v) is 4.44. The first kappa shape index (κ1) is 17.2. The van der Waals surface area contributed by atoms with E-state index >= 15 is 0 Å². The molecular formula is C16H24BrN3O2. The minimum atomic E-state index is 0.146. The normalized spacial score (nSPS) is 19.0. The molecule has 1 aliphatic rings. The molecule has 1 aromatic carbocycles. The number of hydrogen-bond donors (Lipinski definition) is 1. The molecule has 1 fully saturated rings. The van der Waals surface area contributed by atoms with E-state index in [1.807, 2.05) is 31.3 Å².